The molecule has 1 N–H and O–H groups in total. The lowest BCUT2D eigenvalue weighted by Crippen LogP contribution is -2.51. The Kier molecular flexibility index (Phi) is 4.85. The SMILES string of the molecule is C[C@H](C(=O)N1CCN(C(=O)c2ccc(O)cc2)CC1)c1ccsc1. The summed E-state index contributed by atoms with van der Waals surface area (Å²) in [5.74, 6) is 0.0538. The zero-order chi connectivity index (χ0) is 17.1. The van der Waals surface area contributed by atoms with Gasteiger partial charge < -0.3 is 14.9 Å². The summed E-state index contributed by atoms with van der Waals surface area (Å²) in [6.07, 6.45) is 0. The van der Waals surface area contributed by atoms with Gasteiger partial charge >= 0.3 is 0 Å². The molecule has 2 aromatic rings. The number of amides is 2. The third kappa shape index (κ3) is 3.43. The van der Waals surface area contributed by atoms with E-state index in [2.05, 4.69) is 0 Å². The van der Waals surface area contributed by atoms with Gasteiger partial charge in [0.2, 0.25) is 5.91 Å². The predicted molar refractivity (Wildman–Crippen MR) is 93.3 cm³/mol. The van der Waals surface area contributed by atoms with Crippen molar-refractivity contribution in [1.82, 2.24) is 9.80 Å². The van der Waals surface area contributed by atoms with Crippen molar-refractivity contribution in [2.24, 2.45) is 0 Å². The molecule has 0 saturated carbocycles. The number of phenols is 1. The highest BCUT2D eigenvalue weighted by Gasteiger charge is 2.28. The third-order valence-electron chi connectivity index (χ3n) is 4.41. The smallest absolute Gasteiger partial charge is 0.253 e. The molecule has 3 rings (SSSR count). The molecule has 0 unspecified atom stereocenters. The molecule has 1 aliphatic rings. The number of nitrogens with zero attached hydrogens (tertiary/aromatic N) is 2. The van der Waals surface area contributed by atoms with Gasteiger partial charge in [-0.15, -0.1) is 0 Å². The lowest BCUT2D eigenvalue weighted by Gasteiger charge is -2.36. The zero-order valence-electron chi connectivity index (χ0n) is 13.5. The molecule has 0 bridgehead atoms. The lowest BCUT2D eigenvalue weighted by atomic mass is 10.0. The van der Waals surface area contributed by atoms with E-state index in [0.717, 1.165) is 5.56 Å². The van der Waals surface area contributed by atoms with E-state index in [-0.39, 0.29) is 23.5 Å². The van der Waals surface area contributed by atoms with E-state index in [0.29, 0.717) is 31.7 Å². The predicted octanol–water partition coefficient (Wildman–Crippen LogP) is 2.54. The average Bonchev–Trinajstić information content (AvgIpc) is 3.15. The van der Waals surface area contributed by atoms with Gasteiger partial charge in [0, 0.05) is 31.7 Å². The fourth-order valence-electron chi connectivity index (χ4n) is 2.85. The minimum atomic E-state index is -0.143. The zero-order valence-corrected chi connectivity index (χ0v) is 14.3. The van der Waals surface area contributed by atoms with Crippen molar-refractivity contribution in [3.63, 3.8) is 0 Å². The molecule has 1 aliphatic heterocycles. The van der Waals surface area contributed by atoms with E-state index in [4.69, 9.17) is 0 Å². The van der Waals surface area contributed by atoms with Gasteiger partial charge in [-0.2, -0.15) is 11.3 Å². The van der Waals surface area contributed by atoms with Crippen molar-refractivity contribution >= 4 is 23.2 Å². The third-order valence-corrected chi connectivity index (χ3v) is 5.11. The van der Waals surface area contributed by atoms with Gasteiger partial charge in [-0.3, -0.25) is 9.59 Å². The number of aromatic hydroxyl groups is 1. The molecule has 2 heterocycles. The van der Waals surface area contributed by atoms with Gasteiger partial charge in [0.25, 0.3) is 5.91 Å². The van der Waals surface area contributed by atoms with Crippen LogP contribution in [0.4, 0.5) is 0 Å². The van der Waals surface area contributed by atoms with Crippen LogP contribution in [0, 0.1) is 0 Å². The van der Waals surface area contributed by atoms with Gasteiger partial charge in [-0.1, -0.05) is 0 Å². The Morgan fingerprint density at radius 2 is 1.67 bits per heavy atom. The van der Waals surface area contributed by atoms with Gasteiger partial charge in [0.1, 0.15) is 5.75 Å². The molecule has 1 aromatic heterocycles. The van der Waals surface area contributed by atoms with Crippen molar-refractivity contribution in [2.45, 2.75) is 12.8 Å². The van der Waals surface area contributed by atoms with Gasteiger partial charge in [-0.05, 0) is 53.6 Å². The normalized spacial score (nSPS) is 16.0. The lowest BCUT2D eigenvalue weighted by molar-refractivity contribution is -0.133. The highest BCUT2D eigenvalue weighted by molar-refractivity contribution is 7.08. The number of benzene rings is 1. The van der Waals surface area contributed by atoms with E-state index < -0.39 is 0 Å². The fourth-order valence-corrected chi connectivity index (χ4v) is 3.61. The molecule has 0 radical (unpaired) electrons. The van der Waals surface area contributed by atoms with Gasteiger partial charge in [-0.25, -0.2) is 0 Å². The maximum absolute atomic E-state index is 12.6. The van der Waals surface area contributed by atoms with E-state index in [1.165, 1.54) is 12.1 Å². The number of carbonyl (C=O) groups excluding carboxylic acids is 2. The molecule has 6 heteroatoms. The van der Waals surface area contributed by atoms with Crippen molar-refractivity contribution in [3.8, 4) is 5.75 Å². The highest BCUT2D eigenvalue weighted by Crippen LogP contribution is 2.21. The summed E-state index contributed by atoms with van der Waals surface area (Å²) in [7, 11) is 0. The summed E-state index contributed by atoms with van der Waals surface area (Å²) in [4.78, 5) is 28.6. The quantitative estimate of drug-likeness (QED) is 0.931. The molecule has 1 fully saturated rings. The summed E-state index contributed by atoms with van der Waals surface area (Å²) in [5, 5.41) is 13.3. The maximum atomic E-state index is 12.6. The monoisotopic (exact) mass is 344 g/mol. The molecule has 126 valence electrons. The van der Waals surface area contributed by atoms with Crippen molar-refractivity contribution < 1.29 is 14.7 Å². The summed E-state index contributed by atoms with van der Waals surface area (Å²) in [6.45, 7) is 4.09. The number of carbonyl (C=O) groups is 2. The standard InChI is InChI=1S/C18H20N2O3S/c1-13(15-6-11-24-12-15)17(22)19-7-9-20(10-8-19)18(23)14-2-4-16(21)5-3-14/h2-6,11-13,21H,7-10H2,1H3/t13-/m0/s1. The molecular formula is C18H20N2O3S. The highest BCUT2D eigenvalue weighted by atomic mass is 32.1. The second kappa shape index (κ2) is 7.05. The molecule has 0 spiro atoms. The van der Waals surface area contributed by atoms with Crippen LogP contribution in [0.1, 0.15) is 28.8 Å². The first-order chi connectivity index (χ1) is 11.6. The number of piperazine rings is 1. The first kappa shape index (κ1) is 16.5. The van der Waals surface area contributed by atoms with Crippen molar-refractivity contribution in [1.29, 1.82) is 0 Å². The van der Waals surface area contributed by atoms with E-state index >= 15 is 0 Å². The van der Waals surface area contributed by atoms with Crippen molar-refractivity contribution in [3.05, 3.63) is 52.2 Å². The summed E-state index contributed by atoms with van der Waals surface area (Å²) in [6, 6.07) is 8.24. The van der Waals surface area contributed by atoms with E-state index in [1.54, 1.807) is 28.4 Å². The Morgan fingerprint density at radius 3 is 2.25 bits per heavy atom. The molecule has 0 aliphatic carbocycles. The summed E-state index contributed by atoms with van der Waals surface area (Å²) >= 11 is 1.59. The Hall–Kier alpha value is -2.34. The maximum Gasteiger partial charge on any atom is 0.253 e. The van der Waals surface area contributed by atoms with Crippen LogP contribution < -0.4 is 0 Å². The number of thiophene rings is 1. The second-order valence-corrected chi connectivity index (χ2v) is 6.72. The number of hydrogen-bond donors (Lipinski definition) is 1. The molecule has 2 amide bonds. The van der Waals surface area contributed by atoms with Crippen LogP contribution in [0.15, 0.2) is 41.1 Å². The minimum Gasteiger partial charge on any atom is -0.508 e. The Balaban J connectivity index is 1.58. The fraction of sp³-hybridized carbons (Fsp3) is 0.333. The average molecular weight is 344 g/mol. The Labute approximate surface area is 145 Å². The van der Waals surface area contributed by atoms with Gasteiger partial charge in [0.15, 0.2) is 0 Å². The molecule has 1 saturated heterocycles. The number of hydrogen-bond acceptors (Lipinski definition) is 4. The van der Waals surface area contributed by atoms with Gasteiger partial charge in [0.05, 0.1) is 5.92 Å². The molecule has 5 nitrogen and oxygen atoms in total. The van der Waals surface area contributed by atoms with Crippen LogP contribution in [-0.2, 0) is 4.79 Å². The van der Waals surface area contributed by atoms with Crippen molar-refractivity contribution in [2.75, 3.05) is 26.2 Å². The van der Waals surface area contributed by atoms with Crippen LogP contribution in [0.3, 0.4) is 0 Å². The molecular weight excluding hydrogens is 324 g/mol. The van der Waals surface area contributed by atoms with Crippen LogP contribution in [-0.4, -0.2) is 52.9 Å². The number of phenolic OH excluding ortho intramolecular Hbond substituents is 1. The first-order valence-electron chi connectivity index (χ1n) is 7.95. The minimum absolute atomic E-state index is 0.0621. The van der Waals surface area contributed by atoms with Crippen LogP contribution in [0.5, 0.6) is 5.75 Å². The Morgan fingerprint density at radius 1 is 1.04 bits per heavy atom. The molecule has 24 heavy (non-hydrogen) atoms. The van der Waals surface area contributed by atoms with Crippen LogP contribution >= 0.6 is 11.3 Å². The van der Waals surface area contributed by atoms with E-state index in [1.807, 2.05) is 28.7 Å². The van der Waals surface area contributed by atoms with Crippen LogP contribution in [0.25, 0.3) is 0 Å². The second-order valence-electron chi connectivity index (χ2n) is 5.94. The van der Waals surface area contributed by atoms with Crippen LogP contribution in [0.2, 0.25) is 0 Å². The first-order valence-corrected chi connectivity index (χ1v) is 8.89. The summed E-state index contributed by atoms with van der Waals surface area (Å²) < 4.78 is 0. The van der Waals surface area contributed by atoms with E-state index in [9.17, 15) is 14.7 Å². The largest absolute Gasteiger partial charge is 0.508 e. The summed E-state index contributed by atoms with van der Waals surface area (Å²) in [5.41, 5.74) is 1.60. The topological polar surface area (TPSA) is 60.9 Å². The number of rotatable bonds is 3. The molecule has 1 aromatic carbocycles. The molecule has 1 atom stereocenters. The Bertz CT molecular complexity index is 704.